The predicted octanol–water partition coefficient (Wildman–Crippen LogP) is 2.82. The number of nitro benzene ring substituents is 1. The van der Waals surface area contributed by atoms with Gasteiger partial charge in [-0.05, 0) is 30.3 Å². The number of benzene rings is 2. The Balaban J connectivity index is 1.62. The van der Waals surface area contributed by atoms with E-state index in [1.54, 1.807) is 0 Å². The summed E-state index contributed by atoms with van der Waals surface area (Å²) in [6.45, 7) is 0. The summed E-state index contributed by atoms with van der Waals surface area (Å²) in [6, 6.07) is 9.81. The minimum absolute atomic E-state index is 0.0366. The van der Waals surface area contributed by atoms with Gasteiger partial charge in [0.15, 0.2) is 5.76 Å². The van der Waals surface area contributed by atoms with Crippen LogP contribution in [0.25, 0.3) is 11.0 Å². The number of nitro groups is 1. The van der Waals surface area contributed by atoms with E-state index < -0.39 is 22.6 Å². The van der Waals surface area contributed by atoms with E-state index >= 15 is 0 Å². The highest BCUT2D eigenvalue weighted by molar-refractivity contribution is 6.21. The molecule has 134 valence electrons. The van der Waals surface area contributed by atoms with Gasteiger partial charge >= 0.3 is 0 Å². The van der Waals surface area contributed by atoms with Gasteiger partial charge in [0, 0.05) is 30.3 Å². The molecular formula is C18H11N3O6. The topological polar surface area (TPSA) is 123 Å². The fourth-order valence-corrected chi connectivity index (χ4v) is 2.89. The number of anilines is 1. The summed E-state index contributed by atoms with van der Waals surface area (Å²) >= 11 is 0. The van der Waals surface area contributed by atoms with Crippen molar-refractivity contribution in [1.29, 1.82) is 0 Å². The Labute approximate surface area is 151 Å². The van der Waals surface area contributed by atoms with Crippen LogP contribution in [0.1, 0.15) is 31.3 Å². The Kier molecular flexibility index (Phi) is 3.51. The van der Waals surface area contributed by atoms with E-state index in [-0.39, 0.29) is 22.6 Å². The van der Waals surface area contributed by atoms with Crippen LogP contribution in [0.5, 0.6) is 0 Å². The van der Waals surface area contributed by atoms with E-state index in [2.05, 4.69) is 5.32 Å². The summed E-state index contributed by atoms with van der Waals surface area (Å²) in [4.78, 5) is 47.6. The van der Waals surface area contributed by atoms with Crippen LogP contribution >= 0.6 is 0 Å². The smallest absolute Gasteiger partial charge is 0.291 e. The molecular weight excluding hydrogens is 354 g/mol. The van der Waals surface area contributed by atoms with E-state index in [1.165, 1.54) is 49.5 Å². The van der Waals surface area contributed by atoms with Crippen LogP contribution in [0, 0.1) is 10.1 Å². The number of imide groups is 1. The number of fused-ring (bicyclic) bond motifs is 2. The summed E-state index contributed by atoms with van der Waals surface area (Å²) in [5, 5.41) is 13.8. The third kappa shape index (κ3) is 2.61. The van der Waals surface area contributed by atoms with Crippen molar-refractivity contribution in [2.75, 3.05) is 12.4 Å². The van der Waals surface area contributed by atoms with Crippen LogP contribution in [-0.4, -0.2) is 34.6 Å². The molecule has 1 aliphatic rings. The lowest BCUT2D eigenvalue weighted by atomic mass is 10.1. The Morgan fingerprint density at radius 1 is 1.07 bits per heavy atom. The first-order valence-corrected chi connectivity index (χ1v) is 7.81. The van der Waals surface area contributed by atoms with Crippen LogP contribution < -0.4 is 5.32 Å². The number of amides is 3. The van der Waals surface area contributed by atoms with Crippen molar-refractivity contribution in [2.24, 2.45) is 0 Å². The molecule has 0 saturated heterocycles. The number of carbonyl (C=O) groups is 3. The van der Waals surface area contributed by atoms with Gasteiger partial charge in [-0.2, -0.15) is 0 Å². The van der Waals surface area contributed by atoms with Crippen molar-refractivity contribution >= 4 is 40.1 Å². The summed E-state index contributed by atoms with van der Waals surface area (Å²) in [5.74, 6) is -1.46. The second-order valence-electron chi connectivity index (χ2n) is 5.97. The van der Waals surface area contributed by atoms with Crippen LogP contribution in [0.15, 0.2) is 46.9 Å². The Morgan fingerprint density at radius 2 is 1.81 bits per heavy atom. The molecule has 9 nitrogen and oxygen atoms in total. The zero-order chi connectivity index (χ0) is 19.3. The van der Waals surface area contributed by atoms with Gasteiger partial charge in [0.2, 0.25) is 0 Å². The molecule has 0 fully saturated rings. The van der Waals surface area contributed by atoms with Crippen molar-refractivity contribution in [2.45, 2.75) is 0 Å². The van der Waals surface area contributed by atoms with Gasteiger partial charge in [-0.1, -0.05) is 0 Å². The lowest BCUT2D eigenvalue weighted by molar-refractivity contribution is -0.384. The second kappa shape index (κ2) is 5.77. The molecule has 0 spiro atoms. The highest BCUT2D eigenvalue weighted by Crippen LogP contribution is 2.27. The first-order valence-electron chi connectivity index (χ1n) is 7.81. The van der Waals surface area contributed by atoms with Crippen molar-refractivity contribution in [3.8, 4) is 0 Å². The summed E-state index contributed by atoms with van der Waals surface area (Å²) in [7, 11) is 1.39. The fraction of sp³-hybridized carbons (Fsp3) is 0.0556. The maximum absolute atomic E-state index is 12.4. The van der Waals surface area contributed by atoms with Crippen LogP contribution in [0.2, 0.25) is 0 Å². The lowest BCUT2D eigenvalue weighted by Crippen LogP contribution is -2.24. The Bertz CT molecular complexity index is 1160. The van der Waals surface area contributed by atoms with Gasteiger partial charge in [-0.3, -0.25) is 29.4 Å². The third-order valence-corrected chi connectivity index (χ3v) is 4.28. The number of non-ortho nitro benzene ring substituents is 1. The molecule has 1 aromatic heterocycles. The fourth-order valence-electron chi connectivity index (χ4n) is 2.89. The molecule has 0 aliphatic carbocycles. The van der Waals surface area contributed by atoms with Crippen LogP contribution in [-0.2, 0) is 0 Å². The SMILES string of the molecule is CN1C(=O)c2ccc(NC(=O)c3cc4cc([N+](=O)[O-])ccc4o3)cc2C1=O. The third-order valence-electron chi connectivity index (χ3n) is 4.28. The minimum atomic E-state index is -0.584. The molecule has 1 N–H and O–H groups in total. The predicted molar refractivity (Wildman–Crippen MR) is 93.7 cm³/mol. The minimum Gasteiger partial charge on any atom is -0.451 e. The average Bonchev–Trinajstić information content (AvgIpc) is 3.17. The molecule has 0 radical (unpaired) electrons. The molecule has 2 heterocycles. The molecule has 4 rings (SSSR count). The summed E-state index contributed by atoms with van der Waals surface area (Å²) < 4.78 is 5.42. The van der Waals surface area contributed by atoms with E-state index in [1.807, 2.05) is 0 Å². The first kappa shape index (κ1) is 16.5. The van der Waals surface area contributed by atoms with Gasteiger partial charge in [-0.15, -0.1) is 0 Å². The normalized spacial score (nSPS) is 13.1. The van der Waals surface area contributed by atoms with Crippen LogP contribution in [0.3, 0.4) is 0 Å². The Hall–Kier alpha value is -4.01. The largest absolute Gasteiger partial charge is 0.451 e. The Morgan fingerprint density at radius 3 is 2.56 bits per heavy atom. The van der Waals surface area contributed by atoms with Gasteiger partial charge in [-0.25, -0.2) is 0 Å². The zero-order valence-electron chi connectivity index (χ0n) is 13.9. The highest BCUT2D eigenvalue weighted by atomic mass is 16.6. The summed E-state index contributed by atoms with van der Waals surface area (Å²) in [5.41, 5.74) is 1.03. The van der Waals surface area contributed by atoms with Gasteiger partial charge in [0.1, 0.15) is 5.58 Å². The number of furan rings is 1. The molecule has 0 atom stereocenters. The molecule has 27 heavy (non-hydrogen) atoms. The number of hydrogen-bond donors (Lipinski definition) is 1. The van der Waals surface area contributed by atoms with E-state index in [0.717, 1.165) is 4.90 Å². The number of carbonyl (C=O) groups excluding carboxylic acids is 3. The monoisotopic (exact) mass is 365 g/mol. The highest BCUT2D eigenvalue weighted by Gasteiger charge is 2.32. The standard InChI is InChI=1S/C18H11N3O6/c1-20-17(23)12-4-2-10(8-13(12)18(20)24)19-16(22)15-7-9-6-11(21(25)26)3-5-14(9)27-15/h2-8H,1H3,(H,19,22). The lowest BCUT2D eigenvalue weighted by Gasteiger charge is -2.04. The second-order valence-corrected chi connectivity index (χ2v) is 5.97. The maximum atomic E-state index is 12.4. The van der Waals surface area contributed by atoms with Crippen molar-refractivity contribution < 1.29 is 23.7 Å². The van der Waals surface area contributed by atoms with Gasteiger partial charge < -0.3 is 9.73 Å². The van der Waals surface area contributed by atoms with E-state index in [4.69, 9.17) is 4.42 Å². The molecule has 0 bridgehead atoms. The molecule has 3 aromatic rings. The number of hydrogen-bond acceptors (Lipinski definition) is 6. The molecule has 0 saturated carbocycles. The molecule has 0 unspecified atom stereocenters. The first-order chi connectivity index (χ1) is 12.8. The van der Waals surface area contributed by atoms with Crippen LogP contribution in [0.4, 0.5) is 11.4 Å². The maximum Gasteiger partial charge on any atom is 0.291 e. The molecule has 3 amide bonds. The number of nitrogens with zero attached hydrogens (tertiary/aromatic N) is 2. The average molecular weight is 365 g/mol. The summed E-state index contributed by atoms with van der Waals surface area (Å²) in [6.07, 6.45) is 0. The zero-order valence-corrected chi connectivity index (χ0v) is 13.9. The van der Waals surface area contributed by atoms with Crippen molar-refractivity contribution in [3.05, 3.63) is 69.5 Å². The molecule has 1 aliphatic heterocycles. The number of rotatable bonds is 3. The van der Waals surface area contributed by atoms with Crippen molar-refractivity contribution in [1.82, 2.24) is 4.90 Å². The molecule has 2 aromatic carbocycles. The van der Waals surface area contributed by atoms with Crippen molar-refractivity contribution in [3.63, 3.8) is 0 Å². The van der Waals surface area contributed by atoms with Gasteiger partial charge in [0.05, 0.1) is 16.1 Å². The quantitative estimate of drug-likeness (QED) is 0.432. The van der Waals surface area contributed by atoms with Gasteiger partial charge in [0.25, 0.3) is 23.4 Å². The number of nitrogens with one attached hydrogen (secondary N) is 1. The van der Waals surface area contributed by atoms with E-state index in [0.29, 0.717) is 16.7 Å². The molecule has 9 heteroatoms. The van der Waals surface area contributed by atoms with E-state index in [9.17, 15) is 24.5 Å².